The standard InChI is InChI=1S/C22H24ClN3O4/c1-25(14-20(27)24-17-7-9-18(30-2)10-8-17)22(29)16-11-21(28)26(13-16)12-15-5-3-4-6-19(15)23/h3-10,16H,11-14H2,1-2H3,(H,24,27). The summed E-state index contributed by atoms with van der Waals surface area (Å²) in [5.41, 5.74) is 1.46. The van der Waals surface area contributed by atoms with E-state index in [0.717, 1.165) is 5.56 Å². The number of halogens is 1. The van der Waals surface area contributed by atoms with E-state index in [1.54, 1.807) is 49.4 Å². The number of rotatable bonds is 7. The number of methoxy groups -OCH3 is 1. The molecule has 8 heteroatoms. The molecule has 2 aromatic rings. The summed E-state index contributed by atoms with van der Waals surface area (Å²) in [5, 5.41) is 3.34. The zero-order valence-electron chi connectivity index (χ0n) is 16.9. The van der Waals surface area contributed by atoms with Gasteiger partial charge in [-0.05, 0) is 35.9 Å². The summed E-state index contributed by atoms with van der Waals surface area (Å²) >= 11 is 6.18. The van der Waals surface area contributed by atoms with E-state index in [-0.39, 0.29) is 30.7 Å². The van der Waals surface area contributed by atoms with Crippen molar-refractivity contribution in [3.8, 4) is 5.75 Å². The maximum absolute atomic E-state index is 12.8. The first-order valence-electron chi connectivity index (χ1n) is 9.57. The van der Waals surface area contributed by atoms with Crippen LogP contribution in [0.25, 0.3) is 0 Å². The molecule has 158 valence electrons. The Hall–Kier alpha value is -3.06. The number of nitrogens with zero attached hydrogens (tertiary/aromatic N) is 2. The van der Waals surface area contributed by atoms with Crippen LogP contribution in [0.5, 0.6) is 5.75 Å². The average molecular weight is 430 g/mol. The molecule has 0 bridgehead atoms. The third kappa shape index (κ3) is 5.30. The average Bonchev–Trinajstić information content (AvgIpc) is 3.09. The summed E-state index contributed by atoms with van der Waals surface area (Å²) in [4.78, 5) is 40.4. The summed E-state index contributed by atoms with van der Waals surface area (Å²) in [6.45, 7) is 0.581. The van der Waals surface area contributed by atoms with Crippen molar-refractivity contribution >= 4 is 35.0 Å². The van der Waals surface area contributed by atoms with Gasteiger partial charge < -0.3 is 19.9 Å². The Bertz CT molecular complexity index is 932. The lowest BCUT2D eigenvalue weighted by molar-refractivity contribution is -0.137. The number of amides is 3. The second-order valence-electron chi connectivity index (χ2n) is 7.24. The highest BCUT2D eigenvalue weighted by Gasteiger charge is 2.36. The molecule has 1 fully saturated rings. The van der Waals surface area contributed by atoms with Gasteiger partial charge in [-0.15, -0.1) is 0 Å². The van der Waals surface area contributed by atoms with E-state index in [1.165, 1.54) is 4.90 Å². The highest BCUT2D eigenvalue weighted by molar-refractivity contribution is 6.31. The minimum atomic E-state index is -0.473. The highest BCUT2D eigenvalue weighted by Crippen LogP contribution is 2.24. The number of likely N-dealkylation sites (N-methyl/N-ethyl adjacent to an activating group) is 1. The fourth-order valence-corrected chi connectivity index (χ4v) is 3.60. The molecule has 7 nitrogen and oxygen atoms in total. The van der Waals surface area contributed by atoms with E-state index in [2.05, 4.69) is 5.32 Å². The van der Waals surface area contributed by atoms with Gasteiger partial charge >= 0.3 is 0 Å². The van der Waals surface area contributed by atoms with E-state index in [9.17, 15) is 14.4 Å². The summed E-state index contributed by atoms with van der Waals surface area (Å²) < 4.78 is 5.08. The van der Waals surface area contributed by atoms with Gasteiger partial charge in [0.1, 0.15) is 5.75 Å². The SMILES string of the molecule is COc1ccc(NC(=O)CN(C)C(=O)C2CC(=O)N(Cc3ccccc3Cl)C2)cc1. The molecule has 0 aromatic heterocycles. The summed E-state index contributed by atoms with van der Waals surface area (Å²) in [7, 11) is 3.13. The summed E-state index contributed by atoms with van der Waals surface area (Å²) in [6, 6.07) is 14.2. The zero-order chi connectivity index (χ0) is 21.7. The van der Waals surface area contributed by atoms with Crippen molar-refractivity contribution in [1.29, 1.82) is 0 Å². The Labute approximate surface area is 180 Å². The van der Waals surface area contributed by atoms with Gasteiger partial charge in [-0.3, -0.25) is 14.4 Å². The maximum atomic E-state index is 12.8. The first kappa shape index (κ1) is 21.6. The first-order chi connectivity index (χ1) is 14.4. The van der Waals surface area contributed by atoms with Crippen molar-refractivity contribution in [3.63, 3.8) is 0 Å². The van der Waals surface area contributed by atoms with E-state index in [1.807, 2.05) is 18.2 Å². The first-order valence-corrected chi connectivity index (χ1v) is 9.95. The zero-order valence-corrected chi connectivity index (χ0v) is 17.7. The molecule has 1 aliphatic rings. The Morgan fingerprint density at radius 1 is 1.20 bits per heavy atom. The Balaban J connectivity index is 1.53. The molecule has 1 aliphatic heterocycles. The third-order valence-electron chi connectivity index (χ3n) is 5.01. The van der Waals surface area contributed by atoms with Gasteiger partial charge in [-0.2, -0.15) is 0 Å². The van der Waals surface area contributed by atoms with Crippen molar-refractivity contribution in [2.45, 2.75) is 13.0 Å². The number of hydrogen-bond donors (Lipinski definition) is 1. The van der Waals surface area contributed by atoms with Crippen LogP contribution in [0.15, 0.2) is 48.5 Å². The molecule has 1 saturated heterocycles. The number of ether oxygens (including phenoxy) is 1. The van der Waals surface area contributed by atoms with E-state index in [0.29, 0.717) is 29.5 Å². The molecule has 30 heavy (non-hydrogen) atoms. The lowest BCUT2D eigenvalue weighted by Gasteiger charge is -2.21. The van der Waals surface area contributed by atoms with Crippen LogP contribution in [0.2, 0.25) is 5.02 Å². The van der Waals surface area contributed by atoms with Crippen LogP contribution in [0, 0.1) is 5.92 Å². The van der Waals surface area contributed by atoms with Crippen molar-refractivity contribution < 1.29 is 19.1 Å². The normalized spacial score (nSPS) is 15.8. The van der Waals surface area contributed by atoms with Gasteiger partial charge in [0, 0.05) is 37.3 Å². The number of carbonyl (C=O) groups excluding carboxylic acids is 3. The molecule has 3 rings (SSSR count). The fourth-order valence-electron chi connectivity index (χ4n) is 3.40. The number of anilines is 1. The van der Waals surface area contributed by atoms with Crippen molar-refractivity contribution in [3.05, 3.63) is 59.1 Å². The van der Waals surface area contributed by atoms with Gasteiger partial charge in [0.15, 0.2) is 0 Å². The molecule has 1 unspecified atom stereocenters. The molecule has 1 atom stereocenters. The lowest BCUT2D eigenvalue weighted by Crippen LogP contribution is -2.39. The molecule has 0 spiro atoms. The van der Waals surface area contributed by atoms with Crippen LogP contribution < -0.4 is 10.1 Å². The number of carbonyl (C=O) groups is 3. The van der Waals surface area contributed by atoms with Crippen molar-refractivity contribution in [2.75, 3.05) is 32.6 Å². The molecule has 1 heterocycles. The Morgan fingerprint density at radius 3 is 2.57 bits per heavy atom. The summed E-state index contributed by atoms with van der Waals surface area (Å²) in [6.07, 6.45) is 0.133. The molecular weight excluding hydrogens is 406 g/mol. The topological polar surface area (TPSA) is 79.0 Å². The number of nitrogens with one attached hydrogen (secondary N) is 1. The molecule has 1 N–H and O–H groups in total. The second-order valence-corrected chi connectivity index (χ2v) is 7.64. The third-order valence-corrected chi connectivity index (χ3v) is 5.38. The minimum Gasteiger partial charge on any atom is -0.497 e. The number of likely N-dealkylation sites (tertiary alicyclic amines) is 1. The van der Waals surface area contributed by atoms with Gasteiger partial charge in [0.25, 0.3) is 0 Å². The minimum absolute atomic E-state index is 0.0932. The molecule has 0 radical (unpaired) electrons. The molecule has 0 aliphatic carbocycles. The molecule has 3 amide bonds. The molecule has 0 saturated carbocycles. The summed E-state index contributed by atoms with van der Waals surface area (Å²) in [5.74, 6) is -0.418. The fraction of sp³-hybridized carbons (Fsp3) is 0.318. The number of hydrogen-bond acceptors (Lipinski definition) is 4. The largest absolute Gasteiger partial charge is 0.497 e. The predicted octanol–water partition coefficient (Wildman–Crippen LogP) is 2.79. The maximum Gasteiger partial charge on any atom is 0.243 e. The van der Waals surface area contributed by atoms with Crippen LogP contribution in [0.4, 0.5) is 5.69 Å². The van der Waals surface area contributed by atoms with Gasteiger partial charge in [-0.25, -0.2) is 0 Å². The molecule has 2 aromatic carbocycles. The predicted molar refractivity (Wildman–Crippen MR) is 114 cm³/mol. The van der Waals surface area contributed by atoms with Gasteiger partial charge in [0.2, 0.25) is 17.7 Å². The van der Waals surface area contributed by atoms with Gasteiger partial charge in [-0.1, -0.05) is 29.8 Å². The van der Waals surface area contributed by atoms with E-state index < -0.39 is 5.92 Å². The molecular formula is C22H24ClN3O4. The van der Waals surface area contributed by atoms with Crippen LogP contribution in [0.1, 0.15) is 12.0 Å². The smallest absolute Gasteiger partial charge is 0.243 e. The number of benzene rings is 2. The Morgan fingerprint density at radius 2 is 1.90 bits per heavy atom. The highest BCUT2D eigenvalue weighted by atomic mass is 35.5. The second kappa shape index (κ2) is 9.63. The van der Waals surface area contributed by atoms with Crippen LogP contribution in [-0.4, -0.2) is 54.8 Å². The van der Waals surface area contributed by atoms with E-state index in [4.69, 9.17) is 16.3 Å². The van der Waals surface area contributed by atoms with Crippen LogP contribution in [-0.2, 0) is 20.9 Å². The Kier molecular flexibility index (Phi) is 6.95. The quantitative estimate of drug-likeness (QED) is 0.734. The lowest BCUT2D eigenvalue weighted by atomic mass is 10.1. The monoisotopic (exact) mass is 429 g/mol. The van der Waals surface area contributed by atoms with Gasteiger partial charge in [0.05, 0.1) is 19.6 Å². The van der Waals surface area contributed by atoms with Crippen LogP contribution in [0.3, 0.4) is 0 Å². The van der Waals surface area contributed by atoms with Crippen molar-refractivity contribution in [2.24, 2.45) is 5.92 Å². The van der Waals surface area contributed by atoms with E-state index >= 15 is 0 Å². The van der Waals surface area contributed by atoms with Crippen molar-refractivity contribution in [1.82, 2.24) is 9.80 Å². The van der Waals surface area contributed by atoms with Crippen LogP contribution >= 0.6 is 11.6 Å².